The molecule has 0 bridgehead atoms. The zero-order valence-electron chi connectivity index (χ0n) is 7.40. The van der Waals surface area contributed by atoms with Gasteiger partial charge in [-0.05, 0) is 25.0 Å². The molecule has 0 fully saturated rings. The van der Waals surface area contributed by atoms with Crippen LogP contribution >= 0.6 is 0 Å². The van der Waals surface area contributed by atoms with Gasteiger partial charge in [0, 0.05) is 5.56 Å². The van der Waals surface area contributed by atoms with Gasteiger partial charge in [-0.25, -0.2) is 0 Å². The van der Waals surface area contributed by atoms with Crippen LogP contribution in [-0.4, -0.2) is 6.61 Å². The number of ether oxygens (including phenoxy) is 1. The van der Waals surface area contributed by atoms with Crippen LogP contribution in [0.15, 0.2) is 34.8 Å². The van der Waals surface area contributed by atoms with Gasteiger partial charge >= 0.3 is 0 Å². The van der Waals surface area contributed by atoms with E-state index in [1.807, 2.05) is 6.07 Å². The second-order valence-corrected chi connectivity index (χ2v) is 3.13. The molecule has 1 atom stereocenters. The van der Waals surface area contributed by atoms with Crippen LogP contribution in [-0.2, 0) is 4.74 Å². The first kappa shape index (κ1) is 8.38. The third kappa shape index (κ3) is 1.75. The maximum Gasteiger partial charge on any atom is 0.113 e. The summed E-state index contributed by atoms with van der Waals surface area (Å²) in [6, 6.07) is 1.70. The Morgan fingerprint density at radius 1 is 1.46 bits per heavy atom. The molecule has 3 nitrogen and oxygen atoms in total. The lowest BCUT2D eigenvalue weighted by Crippen LogP contribution is -2.17. The number of rotatable bonds is 2. The largest absolute Gasteiger partial charge is 0.496 e. The minimum atomic E-state index is -0.168. The van der Waals surface area contributed by atoms with E-state index in [1.54, 1.807) is 12.5 Å². The highest BCUT2D eigenvalue weighted by molar-refractivity contribution is 5.21. The van der Waals surface area contributed by atoms with Crippen molar-refractivity contribution in [1.82, 2.24) is 0 Å². The molecule has 70 valence electrons. The summed E-state index contributed by atoms with van der Waals surface area (Å²) in [7, 11) is 0. The lowest BCUT2D eigenvalue weighted by molar-refractivity contribution is 0.175. The van der Waals surface area contributed by atoms with Gasteiger partial charge in [-0.3, -0.25) is 0 Å². The van der Waals surface area contributed by atoms with Crippen molar-refractivity contribution in [3.05, 3.63) is 36.0 Å². The zero-order chi connectivity index (χ0) is 9.10. The van der Waals surface area contributed by atoms with E-state index in [0.29, 0.717) is 0 Å². The first-order chi connectivity index (χ1) is 6.38. The van der Waals surface area contributed by atoms with E-state index < -0.39 is 0 Å². The Balaban J connectivity index is 2.12. The molecule has 0 aliphatic carbocycles. The molecule has 0 aromatic carbocycles. The van der Waals surface area contributed by atoms with Crippen molar-refractivity contribution in [2.45, 2.75) is 18.9 Å². The Morgan fingerprint density at radius 2 is 2.38 bits per heavy atom. The smallest absolute Gasteiger partial charge is 0.113 e. The molecule has 2 rings (SSSR count). The minimum absolute atomic E-state index is 0.168. The summed E-state index contributed by atoms with van der Waals surface area (Å²) < 4.78 is 10.4. The van der Waals surface area contributed by atoms with Gasteiger partial charge in [-0.15, -0.1) is 0 Å². The Morgan fingerprint density at radius 3 is 3.00 bits per heavy atom. The zero-order valence-corrected chi connectivity index (χ0v) is 7.40. The van der Waals surface area contributed by atoms with E-state index in [2.05, 4.69) is 6.08 Å². The van der Waals surface area contributed by atoms with Crippen LogP contribution in [0.4, 0.5) is 0 Å². The quantitative estimate of drug-likeness (QED) is 0.755. The van der Waals surface area contributed by atoms with Crippen LogP contribution < -0.4 is 5.73 Å². The third-order valence-corrected chi connectivity index (χ3v) is 2.17. The number of allylic oxidation sites excluding steroid dienone is 1. The van der Waals surface area contributed by atoms with Gasteiger partial charge in [0.05, 0.1) is 25.2 Å². The van der Waals surface area contributed by atoms with Crippen molar-refractivity contribution in [2.24, 2.45) is 5.73 Å². The topological polar surface area (TPSA) is 48.4 Å². The van der Waals surface area contributed by atoms with Gasteiger partial charge in [-0.1, -0.05) is 0 Å². The Hall–Kier alpha value is -1.22. The SMILES string of the molecule is NC(C1=CCCCO1)c1ccoc1. The number of nitrogens with two attached hydrogens (primary N) is 1. The average Bonchev–Trinajstić information content (AvgIpc) is 2.71. The standard InChI is InChI=1S/C10H13NO2/c11-10(8-4-6-12-7-8)9-3-1-2-5-13-9/h3-4,6-7,10H,1-2,5,11H2. The molecule has 0 amide bonds. The number of furan rings is 1. The van der Waals surface area contributed by atoms with Gasteiger partial charge in [0.1, 0.15) is 5.76 Å². The maximum atomic E-state index is 5.96. The summed E-state index contributed by atoms with van der Waals surface area (Å²) in [4.78, 5) is 0. The molecule has 0 saturated heterocycles. The fraction of sp³-hybridized carbons (Fsp3) is 0.400. The highest BCUT2D eigenvalue weighted by atomic mass is 16.5. The monoisotopic (exact) mass is 179 g/mol. The summed E-state index contributed by atoms with van der Waals surface area (Å²) in [5, 5.41) is 0. The molecular formula is C10H13NO2. The lowest BCUT2D eigenvalue weighted by Gasteiger charge is -2.19. The molecule has 0 spiro atoms. The van der Waals surface area contributed by atoms with Crippen LogP contribution in [0, 0.1) is 0 Å². The maximum absolute atomic E-state index is 5.96. The first-order valence-electron chi connectivity index (χ1n) is 4.48. The Kier molecular flexibility index (Phi) is 2.36. The highest BCUT2D eigenvalue weighted by Crippen LogP contribution is 2.23. The summed E-state index contributed by atoms with van der Waals surface area (Å²) in [6.07, 6.45) is 7.48. The van der Waals surface area contributed by atoms with Crippen molar-refractivity contribution >= 4 is 0 Å². The molecule has 1 aromatic rings. The molecule has 1 unspecified atom stereocenters. The van der Waals surface area contributed by atoms with Crippen LogP contribution in [0.2, 0.25) is 0 Å². The Labute approximate surface area is 77.2 Å². The van der Waals surface area contributed by atoms with E-state index in [9.17, 15) is 0 Å². The van der Waals surface area contributed by atoms with E-state index in [0.717, 1.165) is 30.8 Å². The van der Waals surface area contributed by atoms with Gasteiger partial charge in [0.25, 0.3) is 0 Å². The van der Waals surface area contributed by atoms with Gasteiger partial charge in [0.15, 0.2) is 0 Å². The van der Waals surface area contributed by atoms with Gasteiger partial charge in [0.2, 0.25) is 0 Å². The second-order valence-electron chi connectivity index (χ2n) is 3.13. The summed E-state index contributed by atoms with van der Waals surface area (Å²) in [5.41, 5.74) is 6.93. The number of hydrogen-bond acceptors (Lipinski definition) is 3. The number of hydrogen-bond donors (Lipinski definition) is 1. The average molecular weight is 179 g/mol. The van der Waals surface area contributed by atoms with E-state index >= 15 is 0 Å². The molecule has 13 heavy (non-hydrogen) atoms. The highest BCUT2D eigenvalue weighted by Gasteiger charge is 2.16. The van der Waals surface area contributed by atoms with Crippen LogP contribution in [0.25, 0.3) is 0 Å². The lowest BCUT2D eigenvalue weighted by atomic mass is 10.1. The predicted octanol–water partition coefficient (Wildman–Crippen LogP) is 1.97. The molecule has 0 saturated carbocycles. The fourth-order valence-electron chi connectivity index (χ4n) is 1.41. The predicted molar refractivity (Wildman–Crippen MR) is 48.9 cm³/mol. The van der Waals surface area contributed by atoms with Crippen LogP contribution in [0.1, 0.15) is 24.4 Å². The minimum Gasteiger partial charge on any atom is -0.496 e. The van der Waals surface area contributed by atoms with Crippen molar-refractivity contribution < 1.29 is 9.15 Å². The molecule has 2 heterocycles. The Bertz CT molecular complexity index is 290. The van der Waals surface area contributed by atoms with Crippen LogP contribution in [0.3, 0.4) is 0 Å². The van der Waals surface area contributed by atoms with E-state index in [-0.39, 0.29) is 6.04 Å². The molecule has 0 radical (unpaired) electrons. The fourth-order valence-corrected chi connectivity index (χ4v) is 1.41. The summed E-state index contributed by atoms with van der Waals surface area (Å²) in [6.45, 7) is 0.775. The summed E-state index contributed by atoms with van der Waals surface area (Å²) >= 11 is 0. The molecule has 1 aliphatic rings. The van der Waals surface area contributed by atoms with Crippen molar-refractivity contribution in [3.63, 3.8) is 0 Å². The molecule has 1 aromatic heterocycles. The molecule has 3 heteroatoms. The van der Waals surface area contributed by atoms with E-state index in [4.69, 9.17) is 14.9 Å². The third-order valence-electron chi connectivity index (χ3n) is 2.17. The van der Waals surface area contributed by atoms with E-state index in [1.165, 1.54) is 0 Å². The van der Waals surface area contributed by atoms with Crippen LogP contribution in [0.5, 0.6) is 0 Å². The van der Waals surface area contributed by atoms with Crippen molar-refractivity contribution in [1.29, 1.82) is 0 Å². The first-order valence-corrected chi connectivity index (χ1v) is 4.48. The van der Waals surface area contributed by atoms with Gasteiger partial charge < -0.3 is 14.9 Å². The molecule has 1 aliphatic heterocycles. The van der Waals surface area contributed by atoms with Crippen molar-refractivity contribution in [2.75, 3.05) is 6.61 Å². The normalized spacial score (nSPS) is 19.0. The van der Waals surface area contributed by atoms with Gasteiger partial charge in [-0.2, -0.15) is 0 Å². The summed E-state index contributed by atoms with van der Waals surface area (Å²) in [5.74, 6) is 0.868. The second kappa shape index (κ2) is 3.66. The van der Waals surface area contributed by atoms with Crippen molar-refractivity contribution in [3.8, 4) is 0 Å². The molecule has 2 N–H and O–H groups in total. The molecular weight excluding hydrogens is 166 g/mol.